The number of rotatable bonds is 1. The van der Waals surface area contributed by atoms with E-state index in [1.807, 2.05) is 0 Å². The fourth-order valence-electron chi connectivity index (χ4n) is 0.601. The third kappa shape index (κ3) is 1.58. The molecule has 1 amide bonds. The van der Waals surface area contributed by atoms with Gasteiger partial charge in [-0.1, -0.05) is 0 Å². The average molecular weight is 172 g/mol. The second-order valence-corrected chi connectivity index (χ2v) is 2.28. The lowest BCUT2D eigenvalue weighted by molar-refractivity contribution is -0.143. The number of aliphatic imine (C=N–C) groups is 1. The van der Waals surface area contributed by atoms with Crippen LogP contribution in [0, 0.1) is 5.92 Å². The van der Waals surface area contributed by atoms with E-state index in [0.29, 0.717) is 0 Å². The van der Waals surface area contributed by atoms with Crippen molar-refractivity contribution in [2.75, 3.05) is 0 Å². The van der Waals surface area contributed by atoms with E-state index in [-0.39, 0.29) is 5.11 Å². The first-order valence-corrected chi connectivity index (χ1v) is 3.14. The van der Waals surface area contributed by atoms with Crippen molar-refractivity contribution in [1.29, 1.82) is 0 Å². The highest BCUT2D eigenvalue weighted by Crippen LogP contribution is 1.98. The molecule has 0 aliphatic carbocycles. The summed E-state index contributed by atoms with van der Waals surface area (Å²) in [5.74, 6) is -3.08. The predicted octanol–water partition coefficient (Wildman–Crippen LogP) is -0.827. The number of nitrogens with zero attached hydrogens (tertiary/aromatic N) is 1. The number of carboxylic acid groups (broad SMARTS) is 1. The van der Waals surface area contributed by atoms with Gasteiger partial charge in [-0.3, -0.25) is 9.59 Å². The summed E-state index contributed by atoms with van der Waals surface area (Å²) in [5, 5.41) is 10.5. The van der Waals surface area contributed by atoms with Gasteiger partial charge in [0.25, 0.3) is 0 Å². The highest BCUT2D eigenvalue weighted by atomic mass is 32.1. The summed E-state index contributed by atoms with van der Waals surface area (Å²) in [6.45, 7) is 0. The maximum absolute atomic E-state index is 10.8. The second-order valence-electron chi connectivity index (χ2n) is 1.89. The van der Waals surface area contributed by atoms with Crippen molar-refractivity contribution < 1.29 is 14.7 Å². The van der Waals surface area contributed by atoms with Crippen molar-refractivity contribution in [3.8, 4) is 0 Å². The summed E-state index contributed by atoms with van der Waals surface area (Å²) in [6, 6.07) is 0. The molecular formula is C5H4N2O3S. The number of carboxylic acids is 1. The van der Waals surface area contributed by atoms with Crippen LogP contribution < -0.4 is 5.32 Å². The minimum atomic E-state index is -1.23. The maximum Gasteiger partial charge on any atom is 0.321 e. The lowest BCUT2D eigenvalue weighted by Crippen LogP contribution is -2.42. The smallest absolute Gasteiger partial charge is 0.321 e. The van der Waals surface area contributed by atoms with Crippen LogP contribution >= 0.6 is 12.2 Å². The van der Waals surface area contributed by atoms with Crippen molar-refractivity contribution in [3.63, 3.8) is 0 Å². The van der Waals surface area contributed by atoms with E-state index in [1.54, 1.807) is 0 Å². The minimum Gasteiger partial charge on any atom is -0.480 e. The van der Waals surface area contributed by atoms with Gasteiger partial charge < -0.3 is 10.4 Å². The van der Waals surface area contributed by atoms with E-state index >= 15 is 0 Å². The fraction of sp³-hybridized carbons (Fsp3) is 0.200. The zero-order valence-electron chi connectivity index (χ0n) is 5.27. The van der Waals surface area contributed by atoms with Crippen LogP contribution in [-0.4, -0.2) is 28.3 Å². The highest BCUT2D eigenvalue weighted by Gasteiger charge is 2.27. The largest absolute Gasteiger partial charge is 0.480 e. The van der Waals surface area contributed by atoms with Crippen molar-refractivity contribution in [3.05, 3.63) is 0 Å². The highest BCUT2D eigenvalue weighted by molar-refractivity contribution is 7.80. The molecule has 0 spiro atoms. The van der Waals surface area contributed by atoms with Gasteiger partial charge in [-0.25, -0.2) is 4.99 Å². The Labute approximate surface area is 67.1 Å². The molecule has 1 aliphatic heterocycles. The summed E-state index contributed by atoms with van der Waals surface area (Å²) >= 11 is 4.50. The lowest BCUT2D eigenvalue weighted by atomic mass is 10.1. The van der Waals surface area contributed by atoms with E-state index < -0.39 is 17.8 Å². The summed E-state index contributed by atoms with van der Waals surface area (Å²) in [4.78, 5) is 24.5. The quantitative estimate of drug-likeness (QED) is 0.400. The third-order valence-corrected chi connectivity index (χ3v) is 1.33. The molecule has 0 aromatic carbocycles. The first kappa shape index (κ1) is 7.80. The number of hydrogen-bond donors (Lipinski definition) is 2. The molecule has 2 N–H and O–H groups in total. The number of nitrogens with one attached hydrogen (secondary N) is 1. The molecule has 1 heterocycles. The zero-order chi connectivity index (χ0) is 8.43. The molecule has 1 aliphatic rings. The SMILES string of the molecule is O=C(O)[C@@H]1C=NC(=S)NC1=O. The molecule has 0 aromatic rings. The van der Waals surface area contributed by atoms with Gasteiger partial charge in [-0.05, 0) is 12.2 Å². The Morgan fingerprint density at radius 2 is 2.45 bits per heavy atom. The Bertz CT molecular complexity index is 260. The van der Waals surface area contributed by atoms with Gasteiger partial charge in [-0.15, -0.1) is 0 Å². The molecule has 0 fully saturated rings. The normalized spacial score (nSPS) is 23.1. The fourth-order valence-corrected chi connectivity index (χ4v) is 0.763. The Kier molecular flexibility index (Phi) is 1.95. The van der Waals surface area contributed by atoms with Gasteiger partial charge in [-0.2, -0.15) is 0 Å². The van der Waals surface area contributed by atoms with E-state index in [9.17, 15) is 9.59 Å². The first-order chi connectivity index (χ1) is 5.11. The Balaban J connectivity index is 2.85. The van der Waals surface area contributed by atoms with E-state index in [1.165, 1.54) is 0 Å². The lowest BCUT2D eigenvalue weighted by Gasteiger charge is -2.11. The van der Waals surface area contributed by atoms with E-state index in [0.717, 1.165) is 6.21 Å². The molecule has 0 radical (unpaired) electrons. The van der Waals surface area contributed by atoms with Crippen LogP contribution in [0.4, 0.5) is 0 Å². The average Bonchev–Trinajstić information content (AvgIpc) is 1.85. The Morgan fingerprint density at radius 1 is 1.82 bits per heavy atom. The molecule has 0 unspecified atom stereocenters. The topological polar surface area (TPSA) is 78.8 Å². The summed E-state index contributed by atoms with van der Waals surface area (Å²) < 4.78 is 0. The number of carbonyl (C=O) groups is 2. The van der Waals surface area contributed by atoms with Crippen LogP contribution in [-0.2, 0) is 9.59 Å². The number of amides is 1. The number of carbonyl (C=O) groups excluding carboxylic acids is 1. The third-order valence-electron chi connectivity index (χ3n) is 1.12. The number of thiocarbonyl (C=S) groups is 1. The molecule has 1 atom stereocenters. The molecule has 0 bridgehead atoms. The molecule has 11 heavy (non-hydrogen) atoms. The van der Waals surface area contributed by atoms with Gasteiger partial charge in [0.1, 0.15) is 0 Å². The number of aliphatic carboxylic acids is 1. The molecule has 0 saturated heterocycles. The molecule has 58 valence electrons. The zero-order valence-corrected chi connectivity index (χ0v) is 6.09. The van der Waals surface area contributed by atoms with Crippen molar-refractivity contribution in [2.45, 2.75) is 0 Å². The molecule has 0 aromatic heterocycles. The van der Waals surface area contributed by atoms with Gasteiger partial charge >= 0.3 is 5.97 Å². The van der Waals surface area contributed by atoms with Crippen LogP contribution in [0.3, 0.4) is 0 Å². The summed E-state index contributed by atoms with van der Waals surface area (Å²) in [6.07, 6.45) is 1.02. The summed E-state index contributed by atoms with van der Waals surface area (Å²) in [7, 11) is 0. The van der Waals surface area contributed by atoms with Crippen molar-refractivity contribution >= 4 is 35.4 Å². The molecule has 0 saturated carbocycles. The van der Waals surface area contributed by atoms with Crippen molar-refractivity contribution in [1.82, 2.24) is 5.32 Å². The van der Waals surface area contributed by atoms with Gasteiger partial charge in [0.05, 0.1) is 0 Å². The predicted molar refractivity (Wildman–Crippen MR) is 40.4 cm³/mol. The maximum atomic E-state index is 10.8. The molecule has 1 rings (SSSR count). The van der Waals surface area contributed by atoms with Crippen LogP contribution in [0.15, 0.2) is 4.99 Å². The standard InChI is InChI=1S/C5H4N2O3S/c8-3-2(4(9)10)1-6-5(11)7-3/h1-2H,(H,9,10)(H,7,8,11)/t2-/m1/s1. The van der Waals surface area contributed by atoms with E-state index in [4.69, 9.17) is 5.11 Å². The van der Waals surface area contributed by atoms with Crippen LogP contribution in [0.2, 0.25) is 0 Å². The molecule has 6 heteroatoms. The minimum absolute atomic E-state index is 0.00694. The number of hydrogen-bond acceptors (Lipinski definition) is 3. The van der Waals surface area contributed by atoms with Crippen LogP contribution in [0.25, 0.3) is 0 Å². The van der Waals surface area contributed by atoms with Crippen molar-refractivity contribution in [2.24, 2.45) is 10.9 Å². The summed E-state index contributed by atoms with van der Waals surface area (Å²) in [5.41, 5.74) is 0. The second kappa shape index (κ2) is 2.75. The molecule has 5 nitrogen and oxygen atoms in total. The Hall–Kier alpha value is -1.30. The van der Waals surface area contributed by atoms with E-state index in [2.05, 4.69) is 22.5 Å². The first-order valence-electron chi connectivity index (χ1n) is 2.73. The molecular weight excluding hydrogens is 168 g/mol. The monoisotopic (exact) mass is 172 g/mol. The Morgan fingerprint density at radius 3 is 2.91 bits per heavy atom. The van der Waals surface area contributed by atoms with Crippen LogP contribution in [0.1, 0.15) is 0 Å². The van der Waals surface area contributed by atoms with Gasteiger partial charge in [0, 0.05) is 6.21 Å². The van der Waals surface area contributed by atoms with Gasteiger partial charge in [0.15, 0.2) is 11.0 Å². The van der Waals surface area contributed by atoms with Gasteiger partial charge in [0.2, 0.25) is 5.91 Å². The van der Waals surface area contributed by atoms with Crippen LogP contribution in [0.5, 0.6) is 0 Å².